The van der Waals surface area contributed by atoms with E-state index in [0.717, 1.165) is 19.3 Å². The summed E-state index contributed by atoms with van der Waals surface area (Å²) in [5, 5.41) is 10.2. The van der Waals surface area contributed by atoms with Gasteiger partial charge in [0.25, 0.3) is 0 Å². The van der Waals surface area contributed by atoms with E-state index in [4.69, 9.17) is 0 Å². The maximum absolute atomic E-state index is 10.2. The van der Waals surface area contributed by atoms with Gasteiger partial charge in [-0.25, -0.2) is 0 Å². The first-order chi connectivity index (χ1) is 9.77. The number of carboxylic acids is 1. The van der Waals surface area contributed by atoms with Crippen LogP contribution >= 0.6 is 0 Å². The van der Waals surface area contributed by atoms with E-state index in [1.54, 1.807) is 0 Å². The minimum absolute atomic E-state index is 0. The van der Waals surface area contributed by atoms with Gasteiger partial charge in [0.2, 0.25) is 0 Å². The van der Waals surface area contributed by atoms with E-state index >= 15 is 0 Å². The number of carbonyl (C=O) groups excluding carboxylic acids is 1. The topological polar surface area (TPSA) is 40.1 Å². The molecule has 0 heterocycles. The Morgan fingerprint density at radius 2 is 1.19 bits per heavy atom. The average molecular weight is 321 g/mol. The molecule has 0 aromatic rings. The summed E-state index contributed by atoms with van der Waals surface area (Å²) in [4.78, 5) is 10.2. The van der Waals surface area contributed by atoms with Crippen LogP contribution in [0.15, 0.2) is 12.2 Å². The van der Waals surface area contributed by atoms with Crippen molar-refractivity contribution in [2.75, 3.05) is 0 Å². The van der Waals surface area contributed by atoms with Crippen LogP contribution in [-0.2, 0) is 4.79 Å². The Kier molecular flexibility index (Phi) is 23.9. The summed E-state index contributed by atoms with van der Waals surface area (Å²) in [5.74, 6) is -0.927. The zero-order valence-corrected chi connectivity index (χ0v) is 17.5. The third kappa shape index (κ3) is 23.2. The summed E-state index contributed by atoms with van der Waals surface area (Å²) < 4.78 is 0. The molecule has 0 unspecified atom stereocenters. The predicted octanol–water partition coefficient (Wildman–Crippen LogP) is 1.78. The van der Waals surface area contributed by atoms with Gasteiger partial charge in [-0.1, -0.05) is 70.4 Å². The van der Waals surface area contributed by atoms with Crippen LogP contribution in [0.2, 0.25) is 0 Å². The molecule has 0 N–H and O–H groups in total. The fraction of sp³-hybridized carbons (Fsp3) is 0.833. The first-order valence-electron chi connectivity index (χ1n) is 8.62. The molecule has 0 aliphatic heterocycles. The molecule has 3 heteroatoms. The number of rotatable bonds is 15. The fourth-order valence-electron chi connectivity index (χ4n) is 2.34. The molecule has 0 bridgehead atoms. The number of hydrogen-bond acceptors (Lipinski definition) is 2. The summed E-state index contributed by atoms with van der Waals surface area (Å²) in [7, 11) is 0. The second-order valence-electron chi connectivity index (χ2n) is 5.71. The maximum atomic E-state index is 10.2. The Labute approximate surface area is 174 Å². The van der Waals surface area contributed by atoms with Crippen molar-refractivity contribution in [1.29, 1.82) is 0 Å². The van der Waals surface area contributed by atoms with Crippen LogP contribution in [0.25, 0.3) is 0 Å². The van der Waals surface area contributed by atoms with E-state index < -0.39 is 5.97 Å². The van der Waals surface area contributed by atoms with Crippen molar-refractivity contribution >= 4 is 5.97 Å². The zero-order chi connectivity index (χ0) is 14.9. The molecular weight excluding hydrogens is 287 g/mol. The fourth-order valence-corrected chi connectivity index (χ4v) is 2.34. The molecule has 0 aromatic heterocycles. The molecule has 0 fully saturated rings. The number of unbranched alkanes of at least 4 members (excludes halogenated alkanes) is 11. The molecule has 0 saturated carbocycles. The van der Waals surface area contributed by atoms with Crippen molar-refractivity contribution in [3.8, 4) is 0 Å². The van der Waals surface area contributed by atoms with Crippen molar-refractivity contribution in [3.63, 3.8) is 0 Å². The van der Waals surface area contributed by atoms with Crippen LogP contribution in [0.4, 0.5) is 0 Å². The van der Waals surface area contributed by atoms with Gasteiger partial charge >= 0.3 is 51.4 Å². The molecule has 21 heavy (non-hydrogen) atoms. The van der Waals surface area contributed by atoms with Gasteiger partial charge in [0.15, 0.2) is 0 Å². The molecule has 0 aliphatic rings. The molecule has 118 valence electrons. The SMILES string of the molecule is CCCCCCCCCCC/C=C\CCCCC(=O)[O-].[K+]. The second-order valence-corrected chi connectivity index (χ2v) is 5.71. The largest absolute Gasteiger partial charge is 1.00 e. The van der Waals surface area contributed by atoms with Crippen molar-refractivity contribution in [2.45, 2.75) is 96.8 Å². The molecule has 0 saturated heterocycles. The Hall–Kier alpha value is 0.846. The van der Waals surface area contributed by atoms with Crippen LogP contribution in [0.5, 0.6) is 0 Å². The summed E-state index contributed by atoms with van der Waals surface area (Å²) in [5.41, 5.74) is 0. The number of aliphatic carboxylic acids is 1. The third-order valence-electron chi connectivity index (χ3n) is 3.64. The second kappa shape index (κ2) is 20.8. The monoisotopic (exact) mass is 320 g/mol. The van der Waals surface area contributed by atoms with Crippen LogP contribution < -0.4 is 56.5 Å². The minimum Gasteiger partial charge on any atom is -0.550 e. The molecule has 0 amide bonds. The van der Waals surface area contributed by atoms with Crippen LogP contribution in [0.3, 0.4) is 0 Å². The normalized spacial score (nSPS) is 10.7. The molecular formula is C18H33KO2. The maximum Gasteiger partial charge on any atom is 1.00 e. The summed E-state index contributed by atoms with van der Waals surface area (Å²) in [6, 6.07) is 0. The van der Waals surface area contributed by atoms with Gasteiger partial charge in [0.1, 0.15) is 0 Å². The van der Waals surface area contributed by atoms with Gasteiger partial charge in [-0.2, -0.15) is 0 Å². The van der Waals surface area contributed by atoms with E-state index in [9.17, 15) is 9.90 Å². The number of carbonyl (C=O) groups is 1. The van der Waals surface area contributed by atoms with Crippen molar-refractivity contribution in [2.24, 2.45) is 0 Å². The Morgan fingerprint density at radius 1 is 0.762 bits per heavy atom. The van der Waals surface area contributed by atoms with Gasteiger partial charge in [-0.05, 0) is 38.5 Å². The standard InChI is InChI=1S/C18H34O2.K/c1-2-3-4-5-6-7-8-9-10-11-12-13-14-15-16-17-18(19)20;/h12-13H,2-11,14-17H2,1H3,(H,19,20);/q;+1/p-1/b13-12-;. The number of hydrogen-bond donors (Lipinski definition) is 0. The summed E-state index contributed by atoms with van der Waals surface area (Å²) in [6.45, 7) is 2.26. The number of allylic oxidation sites excluding steroid dienone is 2. The molecule has 2 nitrogen and oxygen atoms in total. The van der Waals surface area contributed by atoms with Crippen LogP contribution in [0.1, 0.15) is 96.8 Å². The van der Waals surface area contributed by atoms with Crippen molar-refractivity contribution in [1.82, 2.24) is 0 Å². The molecule has 0 spiro atoms. The molecule has 0 aliphatic carbocycles. The van der Waals surface area contributed by atoms with Crippen LogP contribution in [-0.4, -0.2) is 5.97 Å². The smallest absolute Gasteiger partial charge is 0.550 e. The van der Waals surface area contributed by atoms with Crippen molar-refractivity contribution < 1.29 is 61.3 Å². The first kappa shape index (κ1) is 24.1. The quantitative estimate of drug-likeness (QED) is 0.262. The predicted molar refractivity (Wildman–Crippen MR) is 84.5 cm³/mol. The van der Waals surface area contributed by atoms with Gasteiger partial charge in [-0.15, -0.1) is 0 Å². The van der Waals surface area contributed by atoms with E-state index in [1.165, 1.54) is 64.2 Å². The van der Waals surface area contributed by atoms with E-state index in [2.05, 4.69) is 19.1 Å². The van der Waals surface area contributed by atoms with Crippen molar-refractivity contribution in [3.05, 3.63) is 12.2 Å². The Bertz CT molecular complexity index is 239. The average Bonchev–Trinajstić information content (AvgIpc) is 2.43. The van der Waals surface area contributed by atoms with Gasteiger partial charge in [-0.3, -0.25) is 0 Å². The number of carboxylic acid groups (broad SMARTS) is 1. The van der Waals surface area contributed by atoms with Gasteiger partial charge in [0, 0.05) is 5.97 Å². The van der Waals surface area contributed by atoms with E-state index in [1.807, 2.05) is 0 Å². The zero-order valence-electron chi connectivity index (χ0n) is 14.4. The Morgan fingerprint density at radius 3 is 1.67 bits per heavy atom. The summed E-state index contributed by atoms with van der Waals surface area (Å²) >= 11 is 0. The molecule has 0 radical (unpaired) electrons. The molecule has 0 atom stereocenters. The van der Waals surface area contributed by atoms with Crippen LogP contribution in [0, 0.1) is 0 Å². The molecule has 0 aromatic carbocycles. The van der Waals surface area contributed by atoms with Gasteiger partial charge in [0.05, 0.1) is 0 Å². The first-order valence-corrected chi connectivity index (χ1v) is 8.62. The minimum atomic E-state index is -0.927. The van der Waals surface area contributed by atoms with E-state index in [0.29, 0.717) is 0 Å². The Balaban J connectivity index is 0. The third-order valence-corrected chi connectivity index (χ3v) is 3.64. The van der Waals surface area contributed by atoms with E-state index in [-0.39, 0.29) is 57.8 Å². The molecule has 0 rings (SSSR count). The van der Waals surface area contributed by atoms with Gasteiger partial charge < -0.3 is 9.90 Å². The summed E-state index contributed by atoms with van der Waals surface area (Å²) in [6.07, 6.45) is 20.9.